The maximum absolute atomic E-state index is 10.6. The summed E-state index contributed by atoms with van der Waals surface area (Å²) < 4.78 is 0. The topological polar surface area (TPSA) is 94.9 Å². The van der Waals surface area contributed by atoms with Gasteiger partial charge in [-0.05, 0) is 6.07 Å². The van der Waals surface area contributed by atoms with Crippen LogP contribution in [0.1, 0.15) is 0 Å². The Morgan fingerprint density at radius 3 is 2.75 bits per heavy atom. The van der Waals surface area contributed by atoms with Crippen molar-refractivity contribution in [2.75, 3.05) is 5.73 Å². The molecule has 1 aromatic heterocycles. The molecule has 0 bridgehead atoms. The molecule has 2 aromatic rings. The zero-order valence-corrected chi connectivity index (χ0v) is 9.33. The van der Waals surface area contributed by atoms with Crippen LogP contribution in [0.15, 0.2) is 18.2 Å². The number of hydrogen-bond acceptors (Lipinski definition) is 6. The summed E-state index contributed by atoms with van der Waals surface area (Å²) in [6.07, 6.45) is 0. The van der Waals surface area contributed by atoms with E-state index in [0.29, 0.717) is 15.6 Å². The van der Waals surface area contributed by atoms with Gasteiger partial charge in [0.15, 0.2) is 5.01 Å². The van der Waals surface area contributed by atoms with Crippen molar-refractivity contribution in [3.8, 4) is 10.6 Å². The molecule has 0 atom stereocenters. The van der Waals surface area contributed by atoms with Crippen molar-refractivity contribution in [1.29, 1.82) is 0 Å². The lowest BCUT2D eigenvalue weighted by molar-refractivity contribution is -0.384. The number of nitrogens with zero attached hydrogens (tertiary/aromatic N) is 3. The van der Waals surface area contributed by atoms with E-state index in [4.69, 9.17) is 17.3 Å². The van der Waals surface area contributed by atoms with Crippen LogP contribution in [0.5, 0.6) is 0 Å². The van der Waals surface area contributed by atoms with Crippen molar-refractivity contribution in [3.63, 3.8) is 0 Å². The lowest BCUT2D eigenvalue weighted by atomic mass is 10.2. The molecule has 82 valence electrons. The molecule has 0 unspecified atom stereocenters. The predicted molar refractivity (Wildman–Crippen MR) is 61.4 cm³/mol. The molecule has 0 aliphatic rings. The fourth-order valence-electron chi connectivity index (χ4n) is 1.13. The number of anilines is 1. The smallest absolute Gasteiger partial charge is 0.270 e. The maximum Gasteiger partial charge on any atom is 0.270 e. The Kier molecular flexibility index (Phi) is 2.71. The molecule has 1 aromatic carbocycles. The summed E-state index contributed by atoms with van der Waals surface area (Å²) in [4.78, 5) is 10.1. The molecule has 0 aliphatic carbocycles. The Balaban J connectivity index is 2.55. The van der Waals surface area contributed by atoms with Gasteiger partial charge in [0, 0.05) is 17.7 Å². The second-order valence-electron chi connectivity index (χ2n) is 2.87. The number of nitrogen functional groups attached to an aromatic ring is 1. The first-order valence-electron chi connectivity index (χ1n) is 4.11. The van der Waals surface area contributed by atoms with Gasteiger partial charge in [0.1, 0.15) is 0 Å². The minimum atomic E-state index is -0.496. The van der Waals surface area contributed by atoms with Crippen LogP contribution in [-0.4, -0.2) is 15.1 Å². The highest BCUT2D eigenvalue weighted by Gasteiger charge is 2.14. The Bertz CT molecular complexity index is 557. The van der Waals surface area contributed by atoms with E-state index in [-0.39, 0.29) is 10.8 Å². The first-order valence-corrected chi connectivity index (χ1v) is 5.30. The van der Waals surface area contributed by atoms with E-state index >= 15 is 0 Å². The highest BCUT2D eigenvalue weighted by atomic mass is 35.5. The van der Waals surface area contributed by atoms with E-state index in [0.717, 1.165) is 11.3 Å². The minimum Gasteiger partial charge on any atom is -0.374 e. The fourth-order valence-corrected chi connectivity index (χ4v) is 2.04. The number of nitro benzene ring substituents is 1. The zero-order chi connectivity index (χ0) is 11.7. The molecule has 0 spiro atoms. The molecule has 0 radical (unpaired) electrons. The minimum absolute atomic E-state index is 0.0480. The monoisotopic (exact) mass is 256 g/mol. The fraction of sp³-hybridized carbons (Fsp3) is 0. The third kappa shape index (κ3) is 1.95. The molecule has 6 nitrogen and oxygen atoms in total. The molecular weight excluding hydrogens is 252 g/mol. The average molecular weight is 257 g/mol. The lowest BCUT2D eigenvalue weighted by Crippen LogP contribution is -1.88. The predicted octanol–water partition coefficient (Wildman–Crippen LogP) is 2.35. The molecule has 2 N–H and O–H groups in total. The van der Waals surface area contributed by atoms with Crippen molar-refractivity contribution in [2.45, 2.75) is 0 Å². The Hall–Kier alpha value is -1.73. The van der Waals surface area contributed by atoms with Crippen LogP contribution in [-0.2, 0) is 0 Å². The summed E-state index contributed by atoms with van der Waals surface area (Å²) >= 11 is 7.04. The Morgan fingerprint density at radius 1 is 1.44 bits per heavy atom. The van der Waals surface area contributed by atoms with Crippen LogP contribution in [0.4, 0.5) is 10.8 Å². The molecular formula is C8H5ClN4O2S. The van der Waals surface area contributed by atoms with Crippen LogP contribution < -0.4 is 5.73 Å². The third-order valence-electron chi connectivity index (χ3n) is 1.83. The normalized spacial score (nSPS) is 10.3. The summed E-state index contributed by atoms with van der Waals surface area (Å²) in [6, 6.07) is 4.13. The van der Waals surface area contributed by atoms with Crippen molar-refractivity contribution in [3.05, 3.63) is 33.3 Å². The van der Waals surface area contributed by atoms with Crippen molar-refractivity contribution < 1.29 is 4.92 Å². The van der Waals surface area contributed by atoms with Crippen LogP contribution >= 0.6 is 22.9 Å². The number of benzene rings is 1. The van der Waals surface area contributed by atoms with E-state index in [1.807, 2.05) is 0 Å². The van der Waals surface area contributed by atoms with Gasteiger partial charge in [0.2, 0.25) is 5.13 Å². The molecule has 16 heavy (non-hydrogen) atoms. The molecule has 0 aliphatic heterocycles. The van der Waals surface area contributed by atoms with E-state index in [1.165, 1.54) is 18.2 Å². The molecule has 8 heteroatoms. The van der Waals surface area contributed by atoms with E-state index < -0.39 is 4.92 Å². The van der Waals surface area contributed by atoms with Gasteiger partial charge < -0.3 is 5.73 Å². The third-order valence-corrected chi connectivity index (χ3v) is 2.95. The Morgan fingerprint density at radius 2 is 2.19 bits per heavy atom. The first-order chi connectivity index (χ1) is 7.58. The molecule has 0 saturated heterocycles. The lowest BCUT2D eigenvalue weighted by Gasteiger charge is -1.98. The van der Waals surface area contributed by atoms with Crippen LogP contribution in [0, 0.1) is 10.1 Å². The number of nitrogens with two attached hydrogens (primary N) is 1. The number of non-ortho nitro benzene ring substituents is 1. The number of halogens is 1. The van der Waals surface area contributed by atoms with Gasteiger partial charge in [-0.25, -0.2) is 0 Å². The second kappa shape index (κ2) is 4.03. The van der Waals surface area contributed by atoms with Gasteiger partial charge in [-0.3, -0.25) is 10.1 Å². The van der Waals surface area contributed by atoms with Gasteiger partial charge in [0.25, 0.3) is 5.69 Å². The summed E-state index contributed by atoms with van der Waals surface area (Å²) in [5, 5.41) is 19.1. The summed E-state index contributed by atoms with van der Waals surface area (Å²) in [7, 11) is 0. The summed E-state index contributed by atoms with van der Waals surface area (Å²) in [5.41, 5.74) is 5.85. The summed E-state index contributed by atoms with van der Waals surface area (Å²) in [5.74, 6) is 0. The molecule has 2 rings (SSSR count). The molecule has 0 saturated carbocycles. The van der Waals surface area contributed by atoms with E-state index in [1.54, 1.807) is 0 Å². The molecule has 0 fully saturated rings. The number of nitro groups is 1. The summed E-state index contributed by atoms with van der Waals surface area (Å²) in [6.45, 7) is 0. The quantitative estimate of drug-likeness (QED) is 0.657. The van der Waals surface area contributed by atoms with Gasteiger partial charge in [-0.2, -0.15) is 0 Å². The molecule has 0 amide bonds. The van der Waals surface area contributed by atoms with Gasteiger partial charge >= 0.3 is 0 Å². The highest BCUT2D eigenvalue weighted by molar-refractivity contribution is 7.18. The first kappa shape index (κ1) is 10.8. The van der Waals surface area contributed by atoms with Crippen molar-refractivity contribution in [1.82, 2.24) is 10.2 Å². The standard InChI is InChI=1S/C8H5ClN4O2S/c9-6-2-1-4(13(14)15)3-5(6)7-11-12-8(10)16-7/h1-3H,(H2,10,12). The number of hydrogen-bond donors (Lipinski definition) is 1. The van der Waals surface area contributed by atoms with E-state index in [2.05, 4.69) is 10.2 Å². The van der Waals surface area contributed by atoms with Crippen molar-refractivity contribution in [2.24, 2.45) is 0 Å². The number of aromatic nitrogens is 2. The zero-order valence-electron chi connectivity index (χ0n) is 7.75. The molecule has 1 heterocycles. The van der Waals surface area contributed by atoms with E-state index in [9.17, 15) is 10.1 Å². The maximum atomic E-state index is 10.6. The number of rotatable bonds is 2. The Labute approximate surface area is 98.8 Å². The van der Waals surface area contributed by atoms with Crippen LogP contribution in [0.25, 0.3) is 10.6 Å². The van der Waals surface area contributed by atoms with Crippen LogP contribution in [0.2, 0.25) is 5.02 Å². The highest BCUT2D eigenvalue weighted by Crippen LogP contribution is 2.33. The van der Waals surface area contributed by atoms with Gasteiger partial charge in [-0.15, -0.1) is 10.2 Å². The van der Waals surface area contributed by atoms with Crippen molar-refractivity contribution >= 4 is 33.8 Å². The largest absolute Gasteiger partial charge is 0.374 e. The SMILES string of the molecule is Nc1nnc(-c2cc([N+](=O)[O-])ccc2Cl)s1. The van der Waals surface area contributed by atoms with Gasteiger partial charge in [0.05, 0.1) is 9.95 Å². The second-order valence-corrected chi connectivity index (χ2v) is 4.28. The van der Waals surface area contributed by atoms with Crippen LogP contribution in [0.3, 0.4) is 0 Å². The average Bonchev–Trinajstić information content (AvgIpc) is 2.65. The van der Waals surface area contributed by atoms with Gasteiger partial charge in [-0.1, -0.05) is 22.9 Å².